The lowest BCUT2D eigenvalue weighted by atomic mass is 10.3. The zero-order valence-corrected chi connectivity index (χ0v) is 7.16. The van der Waals surface area contributed by atoms with Gasteiger partial charge in [-0.15, -0.1) is 0 Å². The summed E-state index contributed by atoms with van der Waals surface area (Å²) in [5.41, 5.74) is 12.2. The minimum absolute atomic E-state index is 0.491. The predicted molar refractivity (Wildman–Crippen MR) is 49.5 cm³/mol. The molecule has 1 heterocycles. The number of carbonyl (C=O) groups excluding carboxylic acids is 1. The smallest absolute Gasteiger partial charge is 0.293 e. The van der Waals surface area contributed by atoms with Crippen molar-refractivity contribution >= 4 is 11.6 Å². The van der Waals surface area contributed by atoms with Gasteiger partial charge in [0, 0.05) is 5.92 Å². The first-order chi connectivity index (χ1) is 6.09. The standard InChI is InChI=1S/C9H9N3O/c1-6-8(10)4-2-7(12-6)3-5-9(11)13/h2,4H,10H2,1H3,(H2,11,13). The number of aromatic nitrogens is 1. The van der Waals surface area contributed by atoms with Gasteiger partial charge in [-0.25, -0.2) is 4.98 Å². The number of hydrogen-bond acceptors (Lipinski definition) is 3. The Balaban J connectivity index is 3.00. The molecular formula is C9H9N3O. The number of nitrogens with zero attached hydrogens (tertiary/aromatic N) is 1. The molecule has 0 aromatic carbocycles. The van der Waals surface area contributed by atoms with Crippen LogP contribution in [0.25, 0.3) is 0 Å². The first kappa shape index (κ1) is 9.07. The maximum atomic E-state index is 10.3. The third-order valence-electron chi connectivity index (χ3n) is 1.44. The molecule has 0 saturated heterocycles. The number of anilines is 1. The summed E-state index contributed by atoms with van der Waals surface area (Å²) in [6.45, 7) is 1.77. The molecule has 0 bridgehead atoms. The second-order valence-corrected chi connectivity index (χ2v) is 2.49. The second kappa shape index (κ2) is 3.59. The predicted octanol–water partition coefficient (Wildman–Crippen LogP) is -0.191. The van der Waals surface area contributed by atoms with Crippen molar-refractivity contribution in [1.82, 2.24) is 4.98 Å². The number of nitrogens with two attached hydrogens (primary N) is 2. The molecule has 0 aliphatic carbocycles. The van der Waals surface area contributed by atoms with Gasteiger partial charge in [0.15, 0.2) is 0 Å². The molecule has 0 saturated carbocycles. The van der Waals surface area contributed by atoms with Gasteiger partial charge >= 0.3 is 0 Å². The molecule has 0 radical (unpaired) electrons. The molecular weight excluding hydrogens is 166 g/mol. The molecule has 0 spiro atoms. The van der Waals surface area contributed by atoms with Crippen LogP contribution in [0, 0.1) is 18.8 Å². The van der Waals surface area contributed by atoms with E-state index < -0.39 is 5.91 Å². The van der Waals surface area contributed by atoms with Crippen molar-refractivity contribution in [2.24, 2.45) is 5.73 Å². The third kappa shape index (κ3) is 2.49. The Morgan fingerprint density at radius 2 is 2.23 bits per heavy atom. The van der Waals surface area contributed by atoms with Gasteiger partial charge in [-0.2, -0.15) is 0 Å². The van der Waals surface area contributed by atoms with Gasteiger partial charge in [0.25, 0.3) is 5.91 Å². The van der Waals surface area contributed by atoms with Crippen molar-refractivity contribution < 1.29 is 4.79 Å². The summed E-state index contributed by atoms with van der Waals surface area (Å²) in [5.74, 6) is 4.04. The average molecular weight is 175 g/mol. The van der Waals surface area contributed by atoms with Gasteiger partial charge in [0.1, 0.15) is 5.69 Å². The molecule has 0 fully saturated rings. The van der Waals surface area contributed by atoms with Crippen LogP contribution in [0.5, 0.6) is 0 Å². The lowest BCUT2D eigenvalue weighted by Crippen LogP contribution is -2.06. The van der Waals surface area contributed by atoms with E-state index in [1.165, 1.54) is 0 Å². The number of carbonyl (C=O) groups is 1. The summed E-state index contributed by atoms with van der Waals surface area (Å²) in [7, 11) is 0. The summed E-state index contributed by atoms with van der Waals surface area (Å²) in [4.78, 5) is 14.4. The second-order valence-electron chi connectivity index (χ2n) is 2.49. The molecule has 0 aliphatic rings. The molecule has 1 aromatic heterocycles. The highest BCUT2D eigenvalue weighted by atomic mass is 16.1. The van der Waals surface area contributed by atoms with E-state index in [0.29, 0.717) is 17.1 Å². The lowest BCUT2D eigenvalue weighted by molar-refractivity contribution is -0.112. The van der Waals surface area contributed by atoms with E-state index in [1.54, 1.807) is 19.1 Å². The van der Waals surface area contributed by atoms with E-state index in [2.05, 4.69) is 16.8 Å². The van der Waals surface area contributed by atoms with Gasteiger partial charge in [0.2, 0.25) is 0 Å². The molecule has 4 nitrogen and oxygen atoms in total. The maximum absolute atomic E-state index is 10.3. The summed E-state index contributed by atoms with van der Waals surface area (Å²) < 4.78 is 0. The Bertz CT molecular complexity index is 401. The van der Waals surface area contributed by atoms with E-state index in [9.17, 15) is 4.79 Å². The number of hydrogen-bond donors (Lipinski definition) is 2. The number of amides is 1. The number of aryl methyl sites for hydroxylation is 1. The molecule has 1 rings (SSSR count). The highest BCUT2D eigenvalue weighted by Gasteiger charge is 1.94. The van der Waals surface area contributed by atoms with Gasteiger partial charge < -0.3 is 11.5 Å². The van der Waals surface area contributed by atoms with Crippen LogP contribution in [-0.2, 0) is 4.79 Å². The minimum Gasteiger partial charge on any atom is -0.397 e. The molecule has 0 aliphatic heterocycles. The molecule has 0 atom stereocenters. The Labute approximate surface area is 76.0 Å². The average Bonchev–Trinajstić information content (AvgIpc) is 2.07. The SMILES string of the molecule is Cc1nc(C#CC(N)=O)ccc1N. The molecule has 4 heteroatoms. The van der Waals surface area contributed by atoms with Crippen LogP contribution in [0.4, 0.5) is 5.69 Å². The number of nitrogen functional groups attached to an aromatic ring is 1. The maximum Gasteiger partial charge on any atom is 0.293 e. The molecule has 13 heavy (non-hydrogen) atoms. The topological polar surface area (TPSA) is 82.0 Å². The highest BCUT2D eigenvalue weighted by molar-refractivity contribution is 5.92. The van der Waals surface area contributed by atoms with Crippen molar-refractivity contribution in [2.45, 2.75) is 6.92 Å². The lowest BCUT2D eigenvalue weighted by Gasteiger charge is -1.97. The van der Waals surface area contributed by atoms with E-state index in [0.717, 1.165) is 0 Å². The summed E-state index contributed by atoms with van der Waals surface area (Å²) in [6, 6.07) is 3.33. The molecule has 1 aromatic rings. The Morgan fingerprint density at radius 3 is 2.77 bits per heavy atom. The van der Waals surface area contributed by atoms with Crippen LogP contribution < -0.4 is 11.5 Å². The van der Waals surface area contributed by atoms with Crippen molar-refractivity contribution in [2.75, 3.05) is 5.73 Å². The summed E-state index contributed by atoms with van der Waals surface area (Å²) in [5, 5.41) is 0. The van der Waals surface area contributed by atoms with E-state index >= 15 is 0 Å². The summed E-state index contributed by atoms with van der Waals surface area (Å²) in [6.07, 6.45) is 0. The number of primary amides is 1. The first-order valence-corrected chi connectivity index (χ1v) is 3.64. The van der Waals surface area contributed by atoms with E-state index in [-0.39, 0.29) is 0 Å². The van der Waals surface area contributed by atoms with Crippen molar-refractivity contribution in [3.05, 3.63) is 23.5 Å². The third-order valence-corrected chi connectivity index (χ3v) is 1.44. The fourth-order valence-electron chi connectivity index (χ4n) is 0.767. The Hall–Kier alpha value is -2.02. The fraction of sp³-hybridized carbons (Fsp3) is 0.111. The van der Waals surface area contributed by atoms with Gasteiger partial charge in [-0.05, 0) is 25.0 Å². The van der Waals surface area contributed by atoms with Crippen LogP contribution in [-0.4, -0.2) is 10.9 Å². The number of rotatable bonds is 0. The van der Waals surface area contributed by atoms with Crippen LogP contribution in [0.2, 0.25) is 0 Å². The largest absolute Gasteiger partial charge is 0.397 e. The van der Waals surface area contributed by atoms with Gasteiger partial charge in [-0.1, -0.05) is 0 Å². The first-order valence-electron chi connectivity index (χ1n) is 3.64. The van der Waals surface area contributed by atoms with Gasteiger partial charge in [0.05, 0.1) is 11.4 Å². The van der Waals surface area contributed by atoms with Crippen LogP contribution in [0.3, 0.4) is 0 Å². The Morgan fingerprint density at radius 1 is 1.54 bits per heavy atom. The van der Waals surface area contributed by atoms with Crippen molar-refractivity contribution in [1.29, 1.82) is 0 Å². The fourth-order valence-corrected chi connectivity index (χ4v) is 0.767. The van der Waals surface area contributed by atoms with Crippen LogP contribution >= 0.6 is 0 Å². The van der Waals surface area contributed by atoms with Crippen LogP contribution in [0.15, 0.2) is 12.1 Å². The monoisotopic (exact) mass is 175 g/mol. The zero-order chi connectivity index (χ0) is 9.84. The quantitative estimate of drug-likeness (QED) is 0.536. The normalized spacial score (nSPS) is 8.69. The molecule has 4 N–H and O–H groups in total. The zero-order valence-electron chi connectivity index (χ0n) is 7.16. The highest BCUT2D eigenvalue weighted by Crippen LogP contribution is 2.06. The Kier molecular flexibility index (Phi) is 2.50. The molecule has 66 valence electrons. The van der Waals surface area contributed by atoms with Crippen LogP contribution in [0.1, 0.15) is 11.4 Å². The van der Waals surface area contributed by atoms with Crippen molar-refractivity contribution in [3.63, 3.8) is 0 Å². The molecule has 0 unspecified atom stereocenters. The van der Waals surface area contributed by atoms with E-state index in [4.69, 9.17) is 11.5 Å². The number of pyridine rings is 1. The van der Waals surface area contributed by atoms with E-state index in [1.807, 2.05) is 0 Å². The summed E-state index contributed by atoms with van der Waals surface area (Å²) >= 11 is 0. The molecule has 1 amide bonds. The van der Waals surface area contributed by atoms with Gasteiger partial charge in [-0.3, -0.25) is 4.79 Å². The van der Waals surface area contributed by atoms with Crippen molar-refractivity contribution in [3.8, 4) is 11.8 Å². The minimum atomic E-state index is -0.670.